The average molecular weight is 352 g/mol. The van der Waals surface area contributed by atoms with E-state index in [9.17, 15) is 13.2 Å². The molecule has 2 rings (SSSR count). The van der Waals surface area contributed by atoms with Gasteiger partial charge < -0.3 is 5.32 Å². The maximum atomic E-state index is 12.2. The third-order valence-electron chi connectivity index (χ3n) is 3.28. The topological polar surface area (TPSA) is 66.5 Å². The molecule has 0 aliphatic carbocycles. The van der Waals surface area contributed by atoms with Crippen molar-refractivity contribution < 1.29 is 13.2 Å². The first-order valence-corrected chi connectivity index (χ1v) is 9.33. The van der Waals surface area contributed by atoms with Crippen molar-refractivity contribution in [3.05, 3.63) is 51.9 Å². The molecule has 1 amide bonds. The first kappa shape index (κ1) is 17.7. The number of nitrogens with zero attached hydrogens (tertiary/aromatic N) is 1. The molecule has 0 unspecified atom stereocenters. The molecule has 0 radical (unpaired) electrons. The number of hydrogen-bond acceptors (Lipinski definition) is 4. The minimum Gasteiger partial charge on any atom is -0.347 e. The molecule has 0 aliphatic rings. The third kappa shape index (κ3) is 4.19. The molecule has 0 saturated heterocycles. The summed E-state index contributed by atoms with van der Waals surface area (Å²) in [6.07, 6.45) is 0. The zero-order valence-corrected chi connectivity index (χ0v) is 15.2. The van der Waals surface area contributed by atoms with Crippen molar-refractivity contribution in [2.75, 3.05) is 14.1 Å². The van der Waals surface area contributed by atoms with E-state index in [2.05, 4.69) is 5.32 Å². The molecule has 0 atom stereocenters. The quantitative estimate of drug-likeness (QED) is 0.899. The van der Waals surface area contributed by atoms with Crippen LogP contribution in [0.15, 0.2) is 34.5 Å². The van der Waals surface area contributed by atoms with E-state index < -0.39 is 10.0 Å². The number of nitrogens with one attached hydrogen (secondary N) is 1. The summed E-state index contributed by atoms with van der Waals surface area (Å²) in [5.41, 5.74) is 2.68. The summed E-state index contributed by atoms with van der Waals surface area (Å²) < 4.78 is 25.5. The summed E-state index contributed by atoms with van der Waals surface area (Å²) in [5, 5.41) is 2.83. The van der Waals surface area contributed by atoms with Crippen molar-refractivity contribution in [1.29, 1.82) is 0 Å². The molecule has 7 heteroatoms. The fraction of sp³-hybridized carbons (Fsp3) is 0.312. The second-order valence-corrected chi connectivity index (χ2v) is 9.11. The van der Waals surface area contributed by atoms with Crippen LogP contribution in [-0.4, -0.2) is 32.7 Å². The van der Waals surface area contributed by atoms with Gasteiger partial charge in [0.05, 0.1) is 6.54 Å². The van der Waals surface area contributed by atoms with Gasteiger partial charge in [-0.1, -0.05) is 17.2 Å². The number of hydrogen-bond donors (Lipinski definition) is 1. The van der Waals surface area contributed by atoms with Crippen LogP contribution in [-0.2, 0) is 16.6 Å². The third-order valence-corrected chi connectivity index (χ3v) is 6.65. The molecular formula is C16H20N2O3S2. The van der Waals surface area contributed by atoms with Gasteiger partial charge in [0.15, 0.2) is 0 Å². The van der Waals surface area contributed by atoms with E-state index in [0.717, 1.165) is 16.0 Å². The van der Waals surface area contributed by atoms with Gasteiger partial charge >= 0.3 is 0 Å². The lowest BCUT2D eigenvalue weighted by atomic mass is 10.1. The number of thiophene rings is 1. The minimum atomic E-state index is -3.42. The lowest BCUT2D eigenvalue weighted by Gasteiger charge is -2.08. The van der Waals surface area contributed by atoms with Gasteiger partial charge in [0.2, 0.25) is 0 Å². The van der Waals surface area contributed by atoms with Gasteiger partial charge in [0.1, 0.15) is 4.21 Å². The summed E-state index contributed by atoms with van der Waals surface area (Å²) in [6, 6.07) is 8.97. The van der Waals surface area contributed by atoms with Crippen molar-refractivity contribution in [2.24, 2.45) is 0 Å². The van der Waals surface area contributed by atoms with Crippen LogP contribution < -0.4 is 5.32 Å². The highest BCUT2D eigenvalue weighted by Crippen LogP contribution is 2.23. The Morgan fingerprint density at radius 2 is 1.74 bits per heavy atom. The second kappa shape index (κ2) is 6.82. The highest BCUT2D eigenvalue weighted by molar-refractivity contribution is 7.91. The molecule has 0 fully saturated rings. The predicted octanol–water partition coefficient (Wildman–Crippen LogP) is 2.55. The van der Waals surface area contributed by atoms with Crippen LogP contribution in [0.3, 0.4) is 0 Å². The van der Waals surface area contributed by atoms with Crippen molar-refractivity contribution in [3.63, 3.8) is 0 Å². The van der Waals surface area contributed by atoms with Crippen molar-refractivity contribution >= 4 is 27.3 Å². The second-order valence-electron chi connectivity index (χ2n) is 5.57. The summed E-state index contributed by atoms with van der Waals surface area (Å²) in [7, 11) is -0.426. The number of amides is 1. The van der Waals surface area contributed by atoms with Crippen LogP contribution >= 0.6 is 11.3 Å². The SMILES string of the molecule is Cc1cc(C)cc(C(=O)NCc2ccc(S(=O)(=O)N(C)C)s2)c1. The van der Waals surface area contributed by atoms with E-state index in [1.54, 1.807) is 12.1 Å². The molecule has 1 N–H and O–H groups in total. The first-order chi connectivity index (χ1) is 10.7. The lowest BCUT2D eigenvalue weighted by Crippen LogP contribution is -2.22. The highest BCUT2D eigenvalue weighted by atomic mass is 32.2. The molecule has 124 valence electrons. The van der Waals surface area contributed by atoms with E-state index >= 15 is 0 Å². The van der Waals surface area contributed by atoms with Gasteiger partial charge in [0, 0.05) is 24.5 Å². The van der Waals surface area contributed by atoms with E-state index in [-0.39, 0.29) is 10.1 Å². The molecule has 0 aliphatic heterocycles. The number of carbonyl (C=O) groups is 1. The fourth-order valence-electron chi connectivity index (χ4n) is 2.15. The van der Waals surface area contributed by atoms with Gasteiger partial charge in [-0.3, -0.25) is 4.79 Å². The number of aryl methyl sites for hydroxylation is 2. The standard InChI is InChI=1S/C16H20N2O3S2/c1-11-7-12(2)9-13(8-11)16(19)17-10-14-5-6-15(22-14)23(20,21)18(3)4/h5-9H,10H2,1-4H3,(H,17,19). The summed E-state index contributed by atoms with van der Waals surface area (Å²) in [6.45, 7) is 4.20. The molecule has 1 heterocycles. The van der Waals surface area contributed by atoms with E-state index in [0.29, 0.717) is 12.1 Å². The van der Waals surface area contributed by atoms with Crippen LogP contribution in [0, 0.1) is 13.8 Å². The Bertz CT molecular complexity index is 803. The van der Waals surface area contributed by atoms with E-state index in [1.807, 2.05) is 32.0 Å². The molecular weight excluding hydrogens is 332 g/mol. The maximum absolute atomic E-state index is 12.2. The largest absolute Gasteiger partial charge is 0.347 e. The Hall–Kier alpha value is -1.70. The van der Waals surface area contributed by atoms with Crippen molar-refractivity contribution in [3.8, 4) is 0 Å². The maximum Gasteiger partial charge on any atom is 0.252 e. The van der Waals surface area contributed by atoms with Crippen LogP contribution in [0.5, 0.6) is 0 Å². The summed E-state index contributed by atoms with van der Waals surface area (Å²) in [5.74, 6) is -0.165. The Morgan fingerprint density at radius 1 is 1.13 bits per heavy atom. The summed E-state index contributed by atoms with van der Waals surface area (Å²) >= 11 is 1.17. The molecule has 0 spiro atoms. The molecule has 23 heavy (non-hydrogen) atoms. The van der Waals surface area contributed by atoms with Gasteiger partial charge in [-0.2, -0.15) is 0 Å². The van der Waals surface area contributed by atoms with E-state index in [4.69, 9.17) is 0 Å². The Balaban J connectivity index is 2.07. The number of rotatable bonds is 5. The van der Waals surface area contributed by atoms with Crippen molar-refractivity contribution in [2.45, 2.75) is 24.6 Å². The van der Waals surface area contributed by atoms with Crippen LogP contribution in [0.4, 0.5) is 0 Å². The van der Waals surface area contributed by atoms with E-state index in [1.165, 1.54) is 29.7 Å². The molecule has 1 aromatic heterocycles. The Kier molecular flexibility index (Phi) is 5.23. The first-order valence-electron chi connectivity index (χ1n) is 7.08. The number of sulfonamides is 1. The van der Waals surface area contributed by atoms with Gasteiger partial charge in [0.25, 0.3) is 15.9 Å². The lowest BCUT2D eigenvalue weighted by molar-refractivity contribution is 0.0951. The predicted molar refractivity (Wildman–Crippen MR) is 92.3 cm³/mol. The smallest absolute Gasteiger partial charge is 0.252 e. The molecule has 1 aromatic carbocycles. The summed E-state index contributed by atoms with van der Waals surface area (Å²) in [4.78, 5) is 13.0. The van der Waals surface area contributed by atoms with Gasteiger partial charge in [-0.15, -0.1) is 11.3 Å². The Morgan fingerprint density at radius 3 is 2.30 bits per heavy atom. The van der Waals surface area contributed by atoms with Gasteiger partial charge in [-0.05, 0) is 38.1 Å². The Labute approximate surface area is 141 Å². The molecule has 2 aromatic rings. The normalized spacial score (nSPS) is 11.7. The van der Waals surface area contributed by atoms with Crippen molar-refractivity contribution in [1.82, 2.24) is 9.62 Å². The zero-order valence-electron chi connectivity index (χ0n) is 13.6. The minimum absolute atomic E-state index is 0.165. The van der Waals surface area contributed by atoms with Crippen LogP contribution in [0.1, 0.15) is 26.4 Å². The zero-order chi connectivity index (χ0) is 17.2. The number of benzene rings is 1. The highest BCUT2D eigenvalue weighted by Gasteiger charge is 2.19. The number of carbonyl (C=O) groups excluding carboxylic acids is 1. The van der Waals surface area contributed by atoms with Crippen LogP contribution in [0.2, 0.25) is 0 Å². The van der Waals surface area contributed by atoms with Crippen LogP contribution in [0.25, 0.3) is 0 Å². The van der Waals surface area contributed by atoms with Gasteiger partial charge in [-0.25, -0.2) is 12.7 Å². The molecule has 0 saturated carbocycles. The molecule has 0 bridgehead atoms. The average Bonchev–Trinajstić information content (AvgIpc) is 2.93. The molecule has 5 nitrogen and oxygen atoms in total. The fourth-order valence-corrected chi connectivity index (χ4v) is 4.61. The monoisotopic (exact) mass is 352 g/mol.